The Morgan fingerprint density at radius 3 is 2.69 bits per heavy atom. The van der Waals surface area contributed by atoms with Crippen molar-refractivity contribution in [2.45, 2.75) is 26.7 Å². The summed E-state index contributed by atoms with van der Waals surface area (Å²) in [4.78, 5) is 23.4. The van der Waals surface area contributed by atoms with Crippen molar-refractivity contribution in [2.24, 2.45) is 11.1 Å². The van der Waals surface area contributed by atoms with Gasteiger partial charge >= 0.3 is 0 Å². The van der Waals surface area contributed by atoms with Crippen LogP contribution in [0, 0.1) is 11.2 Å². The number of nitrogens with one attached hydrogen (secondary N) is 3. The molecule has 0 aliphatic carbocycles. The molecule has 0 atom stereocenters. The number of halogens is 1. The van der Waals surface area contributed by atoms with Gasteiger partial charge in [0.2, 0.25) is 18.3 Å². The highest BCUT2D eigenvalue weighted by Gasteiger charge is 2.42. The second-order valence-electron chi connectivity index (χ2n) is 8.76. The molecule has 0 saturated carbocycles. The molecule has 4 rings (SSSR count). The van der Waals surface area contributed by atoms with E-state index in [1.165, 1.54) is 12.1 Å². The molecule has 35 heavy (non-hydrogen) atoms. The second kappa shape index (κ2) is 11.0. The highest BCUT2D eigenvalue weighted by Crippen LogP contribution is 2.36. The molecule has 11 heteroatoms. The number of amides is 1. The van der Waals surface area contributed by atoms with Crippen molar-refractivity contribution < 1.29 is 18.7 Å². The van der Waals surface area contributed by atoms with Crippen LogP contribution >= 0.6 is 0 Å². The fourth-order valence-electron chi connectivity index (χ4n) is 3.91. The van der Waals surface area contributed by atoms with Gasteiger partial charge in [-0.15, -0.1) is 0 Å². The largest absolute Gasteiger partial charge is 0.364 e. The van der Waals surface area contributed by atoms with Gasteiger partial charge in [0, 0.05) is 31.4 Å². The number of rotatable bonds is 9. The number of nitrogens with zero attached hydrogens (tertiary/aromatic N) is 3. The van der Waals surface area contributed by atoms with Gasteiger partial charge in [0.05, 0.1) is 42.4 Å². The first-order valence-electron chi connectivity index (χ1n) is 11.7. The number of ether oxygens (including phenoxy) is 2. The second-order valence-corrected chi connectivity index (χ2v) is 8.76. The summed E-state index contributed by atoms with van der Waals surface area (Å²) in [6.07, 6.45) is 1.78. The van der Waals surface area contributed by atoms with Crippen LogP contribution in [0.15, 0.2) is 36.5 Å². The van der Waals surface area contributed by atoms with Crippen molar-refractivity contribution in [1.82, 2.24) is 25.5 Å². The lowest BCUT2D eigenvalue weighted by Crippen LogP contribution is -2.53. The summed E-state index contributed by atoms with van der Waals surface area (Å²) >= 11 is 0. The Kier molecular flexibility index (Phi) is 7.79. The zero-order chi connectivity index (χ0) is 24.8. The molecular formula is C24H32FN7O3. The van der Waals surface area contributed by atoms with E-state index in [1.807, 2.05) is 18.7 Å². The Morgan fingerprint density at radius 2 is 2.00 bits per heavy atom. The van der Waals surface area contributed by atoms with E-state index in [2.05, 4.69) is 25.9 Å². The SMILES string of the molecule is CCCNC(=O)C1(C)COC(N2CNC(c3ccnc(NCCN)n3)=C2c2ccc(F)cc2)OC1. The zero-order valence-electron chi connectivity index (χ0n) is 20.0. The third-order valence-electron chi connectivity index (χ3n) is 5.83. The molecule has 2 aromatic rings. The third kappa shape index (κ3) is 5.53. The van der Waals surface area contributed by atoms with Crippen LogP contribution in [0.1, 0.15) is 31.5 Å². The van der Waals surface area contributed by atoms with Crippen LogP contribution in [0.2, 0.25) is 0 Å². The highest BCUT2D eigenvalue weighted by atomic mass is 19.1. The molecular weight excluding hydrogens is 453 g/mol. The van der Waals surface area contributed by atoms with E-state index in [1.54, 1.807) is 24.4 Å². The van der Waals surface area contributed by atoms with Crippen molar-refractivity contribution in [3.8, 4) is 0 Å². The molecule has 0 spiro atoms. The van der Waals surface area contributed by atoms with E-state index in [0.29, 0.717) is 37.9 Å². The van der Waals surface area contributed by atoms with Crippen molar-refractivity contribution in [3.05, 3.63) is 53.6 Å². The average Bonchev–Trinajstić information content (AvgIpc) is 3.32. The molecule has 0 bridgehead atoms. The van der Waals surface area contributed by atoms with Crippen molar-refractivity contribution in [1.29, 1.82) is 0 Å². The molecule has 1 aromatic carbocycles. The third-order valence-corrected chi connectivity index (χ3v) is 5.83. The van der Waals surface area contributed by atoms with Crippen LogP contribution in [0.25, 0.3) is 11.4 Å². The molecule has 10 nitrogen and oxygen atoms in total. The Morgan fingerprint density at radius 1 is 1.26 bits per heavy atom. The van der Waals surface area contributed by atoms with E-state index in [0.717, 1.165) is 23.4 Å². The Labute approximate surface area is 204 Å². The summed E-state index contributed by atoms with van der Waals surface area (Å²) in [6, 6.07) is 8.00. The molecule has 1 saturated heterocycles. The van der Waals surface area contributed by atoms with E-state index in [4.69, 9.17) is 15.2 Å². The van der Waals surface area contributed by atoms with Crippen molar-refractivity contribution in [2.75, 3.05) is 44.8 Å². The summed E-state index contributed by atoms with van der Waals surface area (Å²) in [5.41, 5.74) is 7.70. The van der Waals surface area contributed by atoms with Gasteiger partial charge in [-0.2, -0.15) is 0 Å². The fraction of sp³-hybridized carbons (Fsp3) is 0.458. The van der Waals surface area contributed by atoms with Crippen LogP contribution in [-0.2, 0) is 14.3 Å². The average molecular weight is 486 g/mol. The first kappa shape index (κ1) is 24.8. The van der Waals surface area contributed by atoms with Gasteiger partial charge in [-0.25, -0.2) is 14.4 Å². The lowest BCUT2D eigenvalue weighted by molar-refractivity contribution is -0.267. The lowest BCUT2D eigenvalue weighted by Gasteiger charge is -2.40. The van der Waals surface area contributed by atoms with E-state index < -0.39 is 11.8 Å². The van der Waals surface area contributed by atoms with Gasteiger partial charge in [-0.3, -0.25) is 4.79 Å². The van der Waals surface area contributed by atoms with Gasteiger partial charge < -0.3 is 36.1 Å². The Bertz CT molecular complexity index is 1060. The number of hydrogen-bond donors (Lipinski definition) is 4. The summed E-state index contributed by atoms with van der Waals surface area (Å²) in [5.74, 6) is 0.0340. The Hall–Kier alpha value is -3.28. The first-order chi connectivity index (χ1) is 16.9. The van der Waals surface area contributed by atoms with Gasteiger partial charge in [0.25, 0.3) is 0 Å². The van der Waals surface area contributed by atoms with Crippen molar-refractivity contribution >= 4 is 23.2 Å². The van der Waals surface area contributed by atoms with Gasteiger partial charge in [-0.1, -0.05) is 6.92 Å². The lowest BCUT2D eigenvalue weighted by atomic mass is 9.91. The minimum Gasteiger partial charge on any atom is -0.364 e. The molecule has 1 aromatic heterocycles. The van der Waals surface area contributed by atoms with Crippen LogP contribution in [-0.4, -0.2) is 66.7 Å². The highest BCUT2D eigenvalue weighted by molar-refractivity contribution is 5.90. The fourth-order valence-corrected chi connectivity index (χ4v) is 3.91. The normalized spacial score (nSPS) is 22.2. The smallest absolute Gasteiger partial charge is 0.242 e. The molecule has 2 aliphatic rings. The predicted molar refractivity (Wildman–Crippen MR) is 130 cm³/mol. The molecule has 1 amide bonds. The minimum absolute atomic E-state index is 0.0918. The number of anilines is 1. The first-order valence-corrected chi connectivity index (χ1v) is 11.7. The summed E-state index contributed by atoms with van der Waals surface area (Å²) in [6.45, 7) is 6.22. The molecule has 0 unspecified atom stereocenters. The molecule has 5 N–H and O–H groups in total. The maximum Gasteiger partial charge on any atom is 0.242 e. The molecule has 2 aliphatic heterocycles. The number of benzene rings is 1. The maximum absolute atomic E-state index is 13.7. The number of carbonyl (C=O) groups excluding carboxylic acids is 1. The van der Waals surface area contributed by atoms with Crippen LogP contribution in [0.3, 0.4) is 0 Å². The van der Waals surface area contributed by atoms with E-state index in [-0.39, 0.29) is 24.9 Å². The summed E-state index contributed by atoms with van der Waals surface area (Å²) < 4.78 is 25.8. The number of hydrogen-bond acceptors (Lipinski definition) is 9. The number of carbonyl (C=O) groups is 1. The standard InChI is InChI=1S/C24H32FN7O3/c1-3-10-27-21(33)24(2)13-34-23(35-14-24)32-15-30-19(20(32)16-4-6-17(25)7-5-16)18-8-11-28-22(31-18)29-12-9-26/h4-8,11,23,30H,3,9-10,12-15,26H2,1-2H3,(H,27,33)(H,28,29,31). The van der Waals surface area contributed by atoms with Crippen LogP contribution < -0.4 is 21.7 Å². The van der Waals surface area contributed by atoms with Gasteiger partial charge in [0.1, 0.15) is 5.82 Å². The quantitative estimate of drug-likeness (QED) is 0.418. The topological polar surface area (TPSA) is 127 Å². The van der Waals surface area contributed by atoms with E-state index in [9.17, 15) is 9.18 Å². The van der Waals surface area contributed by atoms with E-state index >= 15 is 0 Å². The molecule has 3 heterocycles. The van der Waals surface area contributed by atoms with Gasteiger partial charge in [0.15, 0.2) is 0 Å². The molecule has 0 radical (unpaired) electrons. The predicted octanol–water partition coefficient (Wildman–Crippen LogP) is 1.54. The molecule has 1 fully saturated rings. The summed E-state index contributed by atoms with van der Waals surface area (Å²) in [7, 11) is 0. The molecule has 188 valence electrons. The van der Waals surface area contributed by atoms with Gasteiger partial charge in [-0.05, 0) is 43.7 Å². The monoisotopic (exact) mass is 485 g/mol. The summed E-state index contributed by atoms with van der Waals surface area (Å²) in [5, 5.41) is 9.37. The van der Waals surface area contributed by atoms with Crippen LogP contribution in [0.4, 0.5) is 10.3 Å². The number of nitrogens with two attached hydrogens (primary N) is 1. The maximum atomic E-state index is 13.7. The number of aromatic nitrogens is 2. The minimum atomic E-state index is -0.780. The Balaban J connectivity index is 1.61. The zero-order valence-corrected chi connectivity index (χ0v) is 20.0. The van der Waals surface area contributed by atoms with Crippen LogP contribution in [0.5, 0.6) is 0 Å². The van der Waals surface area contributed by atoms with Crippen molar-refractivity contribution in [3.63, 3.8) is 0 Å².